The molecule has 0 aliphatic carbocycles. The van der Waals surface area contributed by atoms with Crippen LogP contribution in [0.15, 0.2) is 36.5 Å². The number of nitriles is 1. The van der Waals surface area contributed by atoms with Crippen LogP contribution in [0.1, 0.15) is 15.9 Å². The highest BCUT2D eigenvalue weighted by Crippen LogP contribution is 2.16. The quantitative estimate of drug-likeness (QED) is 0.904. The summed E-state index contributed by atoms with van der Waals surface area (Å²) in [6, 6.07) is 10.1. The van der Waals surface area contributed by atoms with E-state index in [9.17, 15) is 9.18 Å². The maximum atomic E-state index is 13.2. The molecule has 0 saturated heterocycles. The number of halogens is 1. The van der Waals surface area contributed by atoms with Crippen molar-refractivity contribution >= 4 is 17.4 Å². The van der Waals surface area contributed by atoms with Crippen LogP contribution in [0.2, 0.25) is 0 Å². The highest BCUT2D eigenvalue weighted by Gasteiger charge is 2.13. The van der Waals surface area contributed by atoms with Gasteiger partial charge in [-0.2, -0.15) is 5.26 Å². The minimum Gasteiger partial charge on any atom is -0.372 e. The van der Waals surface area contributed by atoms with Crippen molar-refractivity contribution in [1.82, 2.24) is 4.98 Å². The van der Waals surface area contributed by atoms with E-state index < -0.39 is 11.7 Å². The summed E-state index contributed by atoms with van der Waals surface area (Å²) < 4.78 is 13.2. The van der Waals surface area contributed by atoms with Crippen molar-refractivity contribution in [3.8, 4) is 6.07 Å². The number of hydrogen-bond donors (Lipinski definition) is 2. The number of rotatable bonds is 4. The topological polar surface area (TPSA) is 77.8 Å². The summed E-state index contributed by atoms with van der Waals surface area (Å²) in [5.74, 6) is -0.738. The second-order valence-electron chi connectivity index (χ2n) is 4.29. The average Bonchev–Trinajstić information content (AvgIpc) is 2.49. The maximum Gasteiger partial charge on any atom is 0.259 e. The Bertz CT molecular complexity index is 692. The highest BCUT2D eigenvalue weighted by molar-refractivity contribution is 6.07. The largest absolute Gasteiger partial charge is 0.372 e. The summed E-state index contributed by atoms with van der Waals surface area (Å²) in [6.07, 6.45) is 1.35. The number of nitrogens with zero attached hydrogens (tertiary/aromatic N) is 2. The predicted octanol–water partition coefficient (Wildman–Crippen LogP) is 2.58. The molecule has 0 saturated carbocycles. The van der Waals surface area contributed by atoms with Crippen LogP contribution >= 0.6 is 0 Å². The number of aromatic nitrogens is 1. The summed E-state index contributed by atoms with van der Waals surface area (Å²) in [4.78, 5) is 16.0. The lowest BCUT2D eigenvalue weighted by molar-refractivity contribution is 0.102. The summed E-state index contributed by atoms with van der Waals surface area (Å²) in [6.45, 7) is 0. The van der Waals surface area contributed by atoms with E-state index in [1.54, 1.807) is 31.3 Å². The minimum absolute atomic E-state index is 0.124. The molecule has 0 bridgehead atoms. The molecule has 0 unspecified atom stereocenters. The Balaban J connectivity index is 2.18. The molecule has 0 aliphatic heterocycles. The van der Waals surface area contributed by atoms with Gasteiger partial charge in [0, 0.05) is 12.7 Å². The fraction of sp³-hybridized carbons (Fsp3) is 0.133. The molecule has 1 aromatic heterocycles. The van der Waals surface area contributed by atoms with Gasteiger partial charge in [0.2, 0.25) is 0 Å². The standard InChI is InChI=1S/C15H13FN4O/c1-18-14-13(8-11(16)9-19-14)15(21)20-12-4-2-10(3-5-12)6-7-17/h2-5,8-9H,6H2,1H3,(H,18,19)(H,20,21). The summed E-state index contributed by atoms with van der Waals surface area (Å²) >= 11 is 0. The molecule has 1 aromatic carbocycles. The van der Waals surface area contributed by atoms with E-state index in [2.05, 4.69) is 15.6 Å². The Morgan fingerprint density at radius 3 is 2.71 bits per heavy atom. The molecule has 0 aliphatic rings. The molecule has 0 spiro atoms. The van der Waals surface area contributed by atoms with E-state index in [4.69, 9.17) is 5.26 Å². The van der Waals surface area contributed by atoms with Gasteiger partial charge in [-0.15, -0.1) is 0 Å². The molecule has 5 nitrogen and oxygen atoms in total. The van der Waals surface area contributed by atoms with Gasteiger partial charge in [-0.25, -0.2) is 9.37 Å². The zero-order valence-electron chi connectivity index (χ0n) is 11.4. The SMILES string of the molecule is CNc1ncc(F)cc1C(=O)Nc1ccc(CC#N)cc1. The number of pyridine rings is 1. The number of carbonyl (C=O) groups is 1. The lowest BCUT2D eigenvalue weighted by Crippen LogP contribution is -2.15. The Morgan fingerprint density at radius 2 is 2.10 bits per heavy atom. The van der Waals surface area contributed by atoms with Crippen LogP contribution in [0, 0.1) is 17.1 Å². The van der Waals surface area contributed by atoms with Gasteiger partial charge in [0.25, 0.3) is 5.91 Å². The van der Waals surface area contributed by atoms with Crippen LogP contribution in [0.3, 0.4) is 0 Å². The van der Waals surface area contributed by atoms with Crippen molar-refractivity contribution < 1.29 is 9.18 Å². The van der Waals surface area contributed by atoms with Gasteiger partial charge in [0.05, 0.1) is 24.3 Å². The van der Waals surface area contributed by atoms with E-state index >= 15 is 0 Å². The molecule has 2 rings (SSSR count). The monoisotopic (exact) mass is 284 g/mol. The number of hydrogen-bond acceptors (Lipinski definition) is 4. The molecule has 0 radical (unpaired) electrons. The molecule has 1 heterocycles. The molecule has 21 heavy (non-hydrogen) atoms. The van der Waals surface area contributed by atoms with E-state index in [-0.39, 0.29) is 5.56 Å². The van der Waals surface area contributed by atoms with Crippen LogP contribution in [-0.4, -0.2) is 17.9 Å². The first-order valence-corrected chi connectivity index (χ1v) is 6.24. The molecule has 1 amide bonds. The molecule has 6 heteroatoms. The fourth-order valence-corrected chi connectivity index (χ4v) is 1.81. The third-order valence-corrected chi connectivity index (χ3v) is 2.83. The van der Waals surface area contributed by atoms with E-state index in [0.717, 1.165) is 17.8 Å². The first kappa shape index (κ1) is 14.5. The number of amides is 1. The first-order chi connectivity index (χ1) is 10.1. The molecular weight excluding hydrogens is 271 g/mol. The van der Waals surface area contributed by atoms with Gasteiger partial charge in [0.1, 0.15) is 11.6 Å². The minimum atomic E-state index is -0.580. The zero-order valence-corrected chi connectivity index (χ0v) is 11.4. The normalized spacial score (nSPS) is 9.76. The van der Waals surface area contributed by atoms with Crippen molar-refractivity contribution in [2.24, 2.45) is 0 Å². The Morgan fingerprint density at radius 1 is 1.38 bits per heavy atom. The lowest BCUT2D eigenvalue weighted by atomic mass is 10.1. The van der Waals surface area contributed by atoms with Crippen molar-refractivity contribution in [2.75, 3.05) is 17.7 Å². The molecule has 0 atom stereocenters. The molecule has 2 aromatic rings. The van der Waals surface area contributed by atoms with Gasteiger partial charge in [-0.1, -0.05) is 12.1 Å². The van der Waals surface area contributed by atoms with Crippen molar-refractivity contribution in [1.29, 1.82) is 5.26 Å². The Kier molecular flexibility index (Phi) is 4.46. The summed E-state index contributed by atoms with van der Waals surface area (Å²) in [7, 11) is 1.60. The third kappa shape index (κ3) is 3.54. The van der Waals surface area contributed by atoms with Crippen LogP contribution in [0.5, 0.6) is 0 Å². The van der Waals surface area contributed by atoms with Crippen LogP contribution in [0.4, 0.5) is 15.9 Å². The zero-order chi connectivity index (χ0) is 15.2. The molecular formula is C15H13FN4O. The lowest BCUT2D eigenvalue weighted by Gasteiger charge is -2.09. The van der Waals surface area contributed by atoms with Crippen molar-refractivity contribution in [3.63, 3.8) is 0 Å². The van der Waals surface area contributed by atoms with E-state index in [1.165, 1.54) is 0 Å². The second-order valence-corrected chi connectivity index (χ2v) is 4.29. The molecule has 106 valence electrons. The van der Waals surface area contributed by atoms with Crippen LogP contribution in [-0.2, 0) is 6.42 Å². The number of nitrogens with one attached hydrogen (secondary N) is 2. The summed E-state index contributed by atoms with van der Waals surface area (Å²) in [5.41, 5.74) is 1.55. The Labute approximate surface area is 121 Å². The number of anilines is 2. The fourth-order valence-electron chi connectivity index (χ4n) is 1.81. The number of carbonyl (C=O) groups excluding carboxylic acids is 1. The Hall–Kier alpha value is -2.94. The molecule has 0 fully saturated rings. The van der Waals surface area contributed by atoms with Crippen molar-refractivity contribution in [3.05, 3.63) is 53.5 Å². The van der Waals surface area contributed by atoms with Gasteiger partial charge in [-0.05, 0) is 23.8 Å². The average molecular weight is 284 g/mol. The van der Waals surface area contributed by atoms with Gasteiger partial charge >= 0.3 is 0 Å². The maximum absolute atomic E-state index is 13.2. The predicted molar refractivity (Wildman–Crippen MR) is 77.5 cm³/mol. The highest BCUT2D eigenvalue weighted by atomic mass is 19.1. The summed E-state index contributed by atoms with van der Waals surface area (Å²) in [5, 5.41) is 14.0. The van der Waals surface area contributed by atoms with Gasteiger partial charge in [-0.3, -0.25) is 4.79 Å². The first-order valence-electron chi connectivity index (χ1n) is 6.24. The van der Waals surface area contributed by atoms with Gasteiger partial charge < -0.3 is 10.6 Å². The van der Waals surface area contributed by atoms with Crippen LogP contribution in [0.25, 0.3) is 0 Å². The van der Waals surface area contributed by atoms with E-state index in [0.29, 0.717) is 17.9 Å². The second kappa shape index (κ2) is 6.48. The third-order valence-electron chi connectivity index (χ3n) is 2.83. The number of benzene rings is 1. The van der Waals surface area contributed by atoms with Crippen LogP contribution < -0.4 is 10.6 Å². The molecule has 2 N–H and O–H groups in total. The van der Waals surface area contributed by atoms with E-state index in [1.807, 2.05) is 6.07 Å². The van der Waals surface area contributed by atoms with Gasteiger partial charge in [0.15, 0.2) is 0 Å². The van der Waals surface area contributed by atoms with Crippen molar-refractivity contribution in [2.45, 2.75) is 6.42 Å². The smallest absolute Gasteiger partial charge is 0.259 e.